The van der Waals surface area contributed by atoms with Crippen LogP contribution >= 0.6 is 0 Å². The number of hydrogen-bond acceptors (Lipinski definition) is 9. The fourth-order valence-corrected chi connectivity index (χ4v) is 3.14. The highest BCUT2D eigenvalue weighted by Crippen LogP contribution is 2.31. The van der Waals surface area contributed by atoms with Gasteiger partial charge in [0.25, 0.3) is 0 Å². The first-order valence-corrected chi connectivity index (χ1v) is 9.59. The number of nitrogens with zero attached hydrogens (tertiary/aromatic N) is 6. The van der Waals surface area contributed by atoms with Crippen molar-refractivity contribution in [3.63, 3.8) is 0 Å². The number of imidazole rings is 1. The highest BCUT2D eigenvalue weighted by Gasteiger charge is 2.15. The number of esters is 1. The van der Waals surface area contributed by atoms with Gasteiger partial charge >= 0.3 is 5.97 Å². The average molecular weight is 429 g/mol. The Morgan fingerprint density at radius 2 is 2.00 bits per heavy atom. The number of anilines is 2. The van der Waals surface area contributed by atoms with Crippen molar-refractivity contribution in [2.75, 3.05) is 12.4 Å². The number of nitrogens with one attached hydrogen (secondary N) is 1. The molecule has 0 aromatic carbocycles. The number of carbonyl (C=O) groups excluding carboxylic acids is 1. The maximum Gasteiger partial charge on any atom is 0.339 e. The molecule has 4 heterocycles. The first-order valence-electron chi connectivity index (χ1n) is 9.59. The number of aromatic nitrogens is 5. The largest absolute Gasteiger partial charge is 0.465 e. The van der Waals surface area contributed by atoms with Crippen molar-refractivity contribution < 1.29 is 14.3 Å². The van der Waals surface area contributed by atoms with E-state index in [0.29, 0.717) is 51.2 Å². The summed E-state index contributed by atoms with van der Waals surface area (Å²) < 4.78 is 12.5. The summed E-state index contributed by atoms with van der Waals surface area (Å²) in [7, 11) is 3.16. The van der Waals surface area contributed by atoms with E-state index in [2.05, 4.69) is 25.3 Å². The van der Waals surface area contributed by atoms with Crippen LogP contribution in [0.3, 0.4) is 0 Å². The van der Waals surface area contributed by atoms with Gasteiger partial charge in [0.05, 0.1) is 36.6 Å². The van der Waals surface area contributed by atoms with Gasteiger partial charge in [0.2, 0.25) is 5.88 Å². The quantitative estimate of drug-likeness (QED) is 0.473. The van der Waals surface area contributed by atoms with E-state index in [1.54, 1.807) is 42.1 Å². The molecule has 4 aromatic rings. The topological polar surface area (TPSA) is 128 Å². The molecule has 0 aliphatic rings. The third-order valence-electron chi connectivity index (χ3n) is 4.79. The minimum Gasteiger partial charge on any atom is -0.465 e. The van der Waals surface area contributed by atoms with E-state index >= 15 is 0 Å². The molecule has 32 heavy (non-hydrogen) atoms. The van der Waals surface area contributed by atoms with Gasteiger partial charge in [-0.25, -0.2) is 19.7 Å². The second-order valence-electron chi connectivity index (χ2n) is 7.03. The maximum atomic E-state index is 11.8. The Morgan fingerprint density at radius 1 is 1.19 bits per heavy atom. The molecule has 10 nitrogen and oxygen atoms in total. The first kappa shape index (κ1) is 20.7. The Kier molecular flexibility index (Phi) is 5.39. The van der Waals surface area contributed by atoms with Crippen LogP contribution in [0.2, 0.25) is 0 Å². The average Bonchev–Trinajstić information content (AvgIpc) is 3.15. The van der Waals surface area contributed by atoms with Gasteiger partial charge in [-0.15, -0.1) is 0 Å². The summed E-state index contributed by atoms with van der Waals surface area (Å²) >= 11 is 0. The lowest BCUT2D eigenvalue weighted by Gasteiger charge is -2.12. The monoisotopic (exact) mass is 429 g/mol. The number of rotatable bonds is 5. The van der Waals surface area contributed by atoms with Crippen LogP contribution in [0.25, 0.3) is 11.2 Å². The van der Waals surface area contributed by atoms with Crippen LogP contribution in [0, 0.1) is 25.2 Å². The molecular weight excluding hydrogens is 410 g/mol. The summed E-state index contributed by atoms with van der Waals surface area (Å²) in [5.74, 6) is 0.886. The molecule has 0 saturated carbocycles. The molecule has 0 fully saturated rings. The molecule has 0 radical (unpaired) electrons. The van der Waals surface area contributed by atoms with Crippen molar-refractivity contribution in [1.82, 2.24) is 24.5 Å². The zero-order valence-electron chi connectivity index (χ0n) is 17.9. The predicted octanol–water partition coefficient (Wildman–Crippen LogP) is 3.57. The fourth-order valence-electron chi connectivity index (χ4n) is 3.14. The van der Waals surface area contributed by atoms with E-state index in [0.717, 1.165) is 5.56 Å². The summed E-state index contributed by atoms with van der Waals surface area (Å²) in [6.45, 7) is 3.56. The number of aryl methyl sites for hydroxylation is 3. The van der Waals surface area contributed by atoms with Gasteiger partial charge in [-0.05, 0) is 37.6 Å². The molecule has 0 atom stereocenters. The molecule has 0 aliphatic carbocycles. The lowest BCUT2D eigenvalue weighted by Crippen LogP contribution is -2.06. The Bertz CT molecular complexity index is 1390. The van der Waals surface area contributed by atoms with Crippen LogP contribution in [0.15, 0.2) is 36.8 Å². The summed E-state index contributed by atoms with van der Waals surface area (Å²) in [6, 6.07) is 8.69. The van der Waals surface area contributed by atoms with Gasteiger partial charge in [-0.3, -0.25) is 0 Å². The SMILES string of the molecule is COC(=O)c1ccc(Nc2cc(Oc3cnc(C#N)cc3C)nc3c2ncn3C)nc1C. The maximum absolute atomic E-state index is 11.8. The lowest BCUT2D eigenvalue weighted by atomic mass is 10.2. The normalized spacial score (nSPS) is 10.6. The molecule has 1 N–H and O–H groups in total. The Hall–Kier alpha value is -4.52. The molecule has 0 unspecified atom stereocenters. The second kappa shape index (κ2) is 8.31. The summed E-state index contributed by atoms with van der Waals surface area (Å²) in [5.41, 5.74) is 3.85. The minimum absolute atomic E-state index is 0.309. The van der Waals surface area contributed by atoms with Gasteiger partial charge in [-0.1, -0.05) is 0 Å². The summed E-state index contributed by atoms with van der Waals surface area (Å²) in [4.78, 5) is 29.3. The predicted molar refractivity (Wildman–Crippen MR) is 116 cm³/mol. The number of carbonyl (C=O) groups is 1. The van der Waals surface area contributed by atoms with Gasteiger partial charge < -0.3 is 19.4 Å². The molecule has 0 aliphatic heterocycles. The van der Waals surface area contributed by atoms with Gasteiger partial charge in [-0.2, -0.15) is 10.2 Å². The highest BCUT2D eigenvalue weighted by atomic mass is 16.5. The third kappa shape index (κ3) is 3.91. The molecule has 160 valence electrons. The number of hydrogen-bond donors (Lipinski definition) is 1. The Morgan fingerprint density at radius 3 is 2.69 bits per heavy atom. The number of ether oxygens (including phenoxy) is 2. The summed E-state index contributed by atoms with van der Waals surface area (Å²) in [5, 5.41) is 12.2. The van der Waals surface area contributed by atoms with Crippen LogP contribution in [0.4, 0.5) is 11.5 Å². The van der Waals surface area contributed by atoms with E-state index in [1.165, 1.54) is 13.3 Å². The van der Waals surface area contributed by atoms with Crippen LogP contribution in [0.1, 0.15) is 27.3 Å². The van der Waals surface area contributed by atoms with E-state index in [-0.39, 0.29) is 0 Å². The molecule has 0 spiro atoms. The summed E-state index contributed by atoms with van der Waals surface area (Å²) in [6.07, 6.45) is 3.15. The van der Waals surface area contributed by atoms with Gasteiger partial charge in [0.15, 0.2) is 11.4 Å². The van der Waals surface area contributed by atoms with Gasteiger partial charge in [0.1, 0.15) is 23.1 Å². The third-order valence-corrected chi connectivity index (χ3v) is 4.79. The van der Waals surface area contributed by atoms with E-state index in [1.807, 2.05) is 20.0 Å². The van der Waals surface area contributed by atoms with E-state index in [4.69, 9.17) is 14.7 Å². The minimum atomic E-state index is -0.445. The number of fused-ring (bicyclic) bond motifs is 1. The van der Waals surface area contributed by atoms with Crippen LogP contribution < -0.4 is 10.1 Å². The highest BCUT2D eigenvalue weighted by molar-refractivity contribution is 5.91. The van der Waals surface area contributed by atoms with E-state index in [9.17, 15) is 4.79 Å². The van der Waals surface area contributed by atoms with Gasteiger partial charge in [0, 0.05) is 13.1 Å². The van der Waals surface area contributed by atoms with Crippen molar-refractivity contribution >= 4 is 28.6 Å². The molecule has 0 amide bonds. The molecule has 10 heteroatoms. The van der Waals surface area contributed by atoms with Crippen LogP contribution in [0.5, 0.6) is 11.6 Å². The van der Waals surface area contributed by atoms with Crippen molar-refractivity contribution in [3.8, 4) is 17.7 Å². The zero-order valence-corrected chi connectivity index (χ0v) is 17.9. The van der Waals surface area contributed by atoms with E-state index < -0.39 is 5.97 Å². The second-order valence-corrected chi connectivity index (χ2v) is 7.03. The number of methoxy groups -OCH3 is 1. The molecule has 4 aromatic heterocycles. The van der Waals surface area contributed by atoms with Crippen molar-refractivity contribution in [2.24, 2.45) is 7.05 Å². The zero-order chi connectivity index (χ0) is 22.8. The molecule has 0 saturated heterocycles. The smallest absolute Gasteiger partial charge is 0.339 e. The number of pyridine rings is 3. The molecule has 0 bridgehead atoms. The first-order chi connectivity index (χ1) is 15.4. The van der Waals surface area contributed by atoms with Crippen molar-refractivity contribution in [1.29, 1.82) is 5.26 Å². The lowest BCUT2D eigenvalue weighted by molar-refractivity contribution is 0.0599. The standard InChI is InChI=1S/C22H19N7O3/c1-12-7-14(9-23)24-10-17(12)32-19-8-16(20-21(28-19)29(3)11-25-20)27-18-6-5-15(13(2)26-18)22(30)31-4/h5-8,10-11H,1-4H3,(H,26,27,28). The van der Waals surface area contributed by atoms with Crippen molar-refractivity contribution in [3.05, 3.63) is 59.3 Å². The van der Waals surface area contributed by atoms with Crippen LogP contribution in [-0.2, 0) is 11.8 Å². The fraction of sp³-hybridized carbons (Fsp3) is 0.182. The Balaban J connectivity index is 1.71. The number of nitriles is 1. The van der Waals surface area contributed by atoms with Crippen LogP contribution in [-0.4, -0.2) is 37.6 Å². The molecule has 4 rings (SSSR count). The Labute approximate surface area is 183 Å². The molecular formula is C22H19N7O3. The van der Waals surface area contributed by atoms with Crippen molar-refractivity contribution in [2.45, 2.75) is 13.8 Å².